The summed E-state index contributed by atoms with van der Waals surface area (Å²) < 4.78 is 0. The van der Waals surface area contributed by atoms with Crippen LogP contribution in [0.5, 0.6) is 0 Å². The summed E-state index contributed by atoms with van der Waals surface area (Å²) in [4.78, 5) is 51.4. The molecule has 0 radical (unpaired) electrons. The average molecular weight is 480 g/mol. The molecule has 1 aliphatic carbocycles. The lowest BCUT2D eigenvalue weighted by Crippen LogP contribution is -2.63. The van der Waals surface area contributed by atoms with Gasteiger partial charge in [0.2, 0.25) is 17.7 Å². The summed E-state index contributed by atoms with van der Waals surface area (Å²) in [6.07, 6.45) is 14.5. The molecule has 1 heterocycles. The van der Waals surface area contributed by atoms with Crippen LogP contribution in [0.3, 0.4) is 0 Å². The number of aliphatic hydroxyl groups is 1. The summed E-state index contributed by atoms with van der Waals surface area (Å²) in [6, 6.07) is -0.938. The van der Waals surface area contributed by atoms with Gasteiger partial charge in [0.05, 0.1) is 6.10 Å². The fourth-order valence-electron chi connectivity index (χ4n) is 5.09. The Bertz CT molecular complexity index is 675. The monoisotopic (exact) mass is 479 g/mol. The first-order chi connectivity index (χ1) is 16.3. The van der Waals surface area contributed by atoms with Crippen LogP contribution in [0.15, 0.2) is 0 Å². The lowest BCUT2D eigenvalue weighted by atomic mass is 9.84. The van der Waals surface area contributed by atoms with E-state index in [1.165, 1.54) is 62.3 Å². The van der Waals surface area contributed by atoms with Crippen molar-refractivity contribution in [1.82, 2.24) is 15.1 Å². The number of nitrogens with one attached hydrogen (secondary N) is 1. The highest BCUT2D eigenvalue weighted by atomic mass is 16.3. The molecule has 8 heteroatoms. The van der Waals surface area contributed by atoms with Crippen molar-refractivity contribution in [3.8, 4) is 0 Å². The predicted molar refractivity (Wildman–Crippen MR) is 131 cm³/mol. The largest absolute Gasteiger partial charge is 0.391 e. The van der Waals surface area contributed by atoms with E-state index < -0.39 is 18.1 Å². The molecular formula is C26H45N3O5. The van der Waals surface area contributed by atoms with Crippen LogP contribution in [0.25, 0.3) is 0 Å². The predicted octanol–water partition coefficient (Wildman–Crippen LogP) is 2.81. The van der Waals surface area contributed by atoms with Gasteiger partial charge >= 0.3 is 0 Å². The zero-order valence-electron chi connectivity index (χ0n) is 21.2. The molecule has 34 heavy (non-hydrogen) atoms. The number of hydrogen-bond acceptors (Lipinski definition) is 5. The fraction of sp³-hybridized carbons (Fsp3) is 0.846. The number of rotatable bonds is 15. The number of likely N-dealkylation sites (N-methyl/N-ethyl adjacent to an activating group) is 1. The normalized spacial score (nSPS) is 20.5. The van der Waals surface area contributed by atoms with Gasteiger partial charge in [0.1, 0.15) is 24.9 Å². The smallest absolute Gasteiger partial charge is 0.248 e. The topological polar surface area (TPSA) is 107 Å². The van der Waals surface area contributed by atoms with Crippen molar-refractivity contribution in [3.05, 3.63) is 0 Å². The summed E-state index contributed by atoms with van der Waals surface area (Å²) in [7, 11) is 1.49. The average Bonchev–Trinajstić information content (AvgIpc) is 2.81. The third-order valence-electron chi connectivity index (χ3n) is 7.23. The number of Topliss-reactive ketones (excluding diaryl/α,β-unsaturated/α-hetero) is 1. The van der Waals surface area contributed by atoms with Crippen LogP contribution >= 0.6 is 0 Å². The van der Waals surface area contributed by atoms with E-state index in [0.29, 0.717) is 18.2 Å². The van der Waals surface area contributed by atoms with Crippen molar-refractivity contribution >= 4 is 23.5 Å². The van der Waals surface area contributed by atoms with Gasteiger partial charge in [-0.15, -0.1) is 0 Å². The van der Waals surface area contributed by atoms with Crippen LogP contribution in [0.4, 0.5) is 0 Å². The first-order valence-electron chi connectivity index (χ1n) is 13.3. The Morgan fingerprint density at radius 1 is 0.971 bits per heavy atom. The molecule has 8 nitrogen and oxygen atoms in total. The van der Waals surface area contributed by atoms with Crippen molar-refractivity contribution in [1.29, 1.82) is 0 Å². The maximum absolute atomic E-state index is 12.5. The van der Waals surface area contributed by atoms with E-state index in [-0.39, 0.29) is 24.9 Å². The molecule has 1 aliphatic heterocycles. The zero-order valence-corrected chi connectivity index (χ0v) is 21.2. The highest BCUT2D eigenvalue weighted by molar-refractivity contribution is 5.97. The highest BCUT2D eigenvalue weighted by Crippen LogP contribution is 2.26. The first-order valence-corrected chi connectivity index (χ1v) is 13.3. The third-order valence-corrected chi connectivity index (χ3v) is 7.23. The fourth-order valence-corrected chi connectivity index (χ4v) is 5.09. The van der Waals surface area contributed by atoms with Gasteiger partial charge in [-0.1, -0.05) is 57.8 Å². The number of unbranched alkanes of at least 4 members (excludes halogenated alkanes) is 7. The molecule has 2 fully saturated rings. The Labute approximate surface area is 204 Å². The van der Waals surface area contributed by atoms with E-state index in [1.807, 2.05) is 0 Å². The van der Waals surface area contributed by atoms with Gasteiger partial charge in [-0.25, -0.2) is 0 Å². The second-order valence-corrected chi connectivity index (χ2v) is 10.1. The van der Waals surface area contributed by atoms with E-state index in [4.69, 9.17) is 0 Å². The summed E-state index contributed by atoms with van der Waals surface area (Å²) in [6.45, 7) is 1.72. The lowest BCUT2D eigenvalue weighted by Gasteiger charge is -2.39. The van der Waals surface area contributed by atoms with E-state index in [9.17, 15) is 24.3 Å². The Hall–Kier alpha value is -1.96. The molecule has 0 aromatic carbocycles. The van der Waals surface area contributed by atoms with Crippen LogP contribution in [-0.4, -0.2) is 77.2 Å². The van der Waals surface area contributed by atoms with E-state index in [2.05, 4.69) is 5.32 Å². The Balaban J connectivity index is 1.45. The number of hydrogen-bond donors (Lipinski definition) is 2. The molecule has 3 amide bonds. The molecule has 1 saturated carbocycles. The minimum absolute atomic E-state index is 0.138. The van der Waals surface area contributed by atoms with Gasteiger partial charge in [-0.3, -0.25) is 19.2 Å². The van der Waals surface area contributed by atoms with Crippen molar-refractivity contribution < 1.29 is 24.3 Å². The molecule has 1 saturated heterocycles. The SMILES string of the molecule is C[C@@H](O)C1C(=O)N(CC(=O)NCCCCCCCCCCC(=O)C2CCCCC2)CC(=O)N1C. The molecule has 0 spiro atoms. The number of aliphatic hydroxyl groups excluding tert-OH is 1. The summed E-state index contributed by atoms with van der Waals surface area (Å²) in [5.41, 5.74) is 0. The van der Waals surface area contributed by atoms with Crippen LogP contribution < -0.4 is 5.32 Å². The number of amides is 3. The second-order valence-electron chi connectivity index (χ2n) is 10.1. The first kappa shape index (κ1) is 28.3. The molecule has 2 atom stereocenters. The molecule has 2 aliphatic rings. The van der Waals surface area contributed by atoms with Crippen molar-refractivity contribution in [2.75, 3.05) is 26.7 Å². The third kappa shape index (κ3) is 9.35. The standard InChI is InChI=1S/C26H45N3O5/c1-20(30)25-26(34)29(19-24(33)28(25)2)18-23(32)27-17-13-8-6-4-3-5-7-12-16-22(31)21-14-10-9-11-15-21/h20-21,25,30H,3-19H2,1-2H3,(H,27,32)/t20-,25?/m1/s1. The summed E-state index contributed by atoms with van der Waals surface area (Å²) in [5, 5.41) is 12.6. The summed E-state index contributed by atoms with van der Waals surface area (Å²) in [5.74, 6) is -0.120. The van der Waals surface area contributed by atoms with Gasteiger partial charge in [-0.05, 0) is 32.6 Å². The maximum Gasteiger partial charge on any atom is 0.248 e. The van der Waals surface area contributed by atoms with E-state index in [1.54, 1.807) is 0 Å². The Morgan fingerprint density at radius 3 is 2.18 bits per heavy atom. The molecule has 0 aromatic heterocycles. The number of carbonyl (C=O) groups is 4. The van der Waals surface area contributed by atoms with Crippen molar-refractivity contribution in [3.63, 3.8) is 0 Å². The van der Waals surface area contributed by atoms with E-state index >= 15 is 0 Å². The maximum atomic E-state index is 12.5. The van der Waals surface area contributed by atoms with Gasteiger partial charge in [0, 0.05) is 25.9 Å². The Morgan fingerprint density at radius 2 is 1.56 bits per heavy atom. The van der Waals surface area contributed by atoms with Crippen LogP contribution in [0, 0.1) is 5.92 Å². The van der Waals surface area contributed by atoms with Gasteiger partial charge in [0.15, 0.2) is 0 Å². The van der Waals surface area contributed by atoms with Crippen LogP contribution in [0.2, 0.25) is 0 Å². The number of piperazine rings is 1. The van der Waals surface area contributed by atoms with E-state index in [0.717, 1.165) is 51.4 Å². The molecular weight excluding hydrogens is 434 g/mol. The summed E-state index contributed by atoms with van der Waals surface area (Å²) >= 11 is 0. The molecule has 1 unspecified atom stereocenters. The molecule has 0 bridgehead atoms. The van der Waals surface area contributed by atoms with Crippen molar-refractivity contribution in [2.45, 2.75) is 109 Å². The zero-order chi connectivity index (χ0) is 24.9. The number of nitrogens with zero attached hydrogens (tertiary/aromatic N) is 2. The quantitative estimate of drug-likeness (QED) is 0.351. The van der Waals surface area contributed by atoms with Gasteiger partial charge < -0.3 is 20.2 Å². The lowest BCUT2D eigenvalue weighted by molar-refractivity contribution is -0.159. The highest BCUT2D eigenvalue weighted by Gasteiger charge is 2.40. The van der Waals surface area contributed by atoms with Crippen LogP contribution in [0.1, 0.15) is 96.8 Å². The molecule has 2 rings (SSSR count). The molecule has 0 aromatic rings. The van der Waals surface area contributed by atoms with Gasteiger partial charge in [0.25, 0.3) is 0 Å². The Kier molecular flexibility index (Phi) is 12.6. The second kappa shape index (κ2) is 15.1. The van der Waals surface area contributed by atoms with Crippen molar-refractivity contribution in [2.24, 2.45) is 5.92 Å². The molecule has 194 valence electrons. The molecule has 2 N–H and O–H groups in total. The minimum Gasteiger partial charge on any atom is -0.391 e. The number of ketones is 1. The van der Waals surface area contributed by atoms with Gasteiger partial charge in [-0.2, -0.15) is 0 Å². The van der Waals surface area contributed by atoms with Crippen LogP contribution in [-0.2, 0) is 19.2 Å². The number of carbonyl (C=O) groups excluding carboxylic acids is 4. The minimum atomic E-state index is -0.989.